The van der Waals surface area contributed by atoms with E-state index in [0.29, 0.717) is 23.7 Å². The Hall–Kier alpha value is -3.30. The third-order valence-corrected chi connectivity index (χ3v) is 4.30. The number of benzene rings is 1. The minimum atomic E-state index is -0.703. The van der Waals surface area contributed by atoms with Gasteiger partial charge in [0.1, 0.15) is 11.5 Å². The van der Waals surface area contributed by atoms with Crippen LogP contribution in [0.1, 0.15) is 13.3 Å². The molecule has 0 bridgehead atoms. The van der Waals surface area contributed by atoms with E-state index in [9.17, 15) is 19.2 Å². The molecule has 0 saturated carbocycles. The SMILES string of the molecule is CCNC(=O)CNC(=O)COC(=O)[C@H]1CC(=O)N(c2ccc(OC)cc2OC)C1. The Morgan fingerprint density at radius 1 is 1.14 bits per heavy atom. The summed E-state index contributed by atoms with van der Waals surface area (Å²) in [5, 5.41) is 4.88. The second-order valence-electron chi connectivity index (χ2n) is 6.28. The monoisotopic (exact) mass is 407 g/mol. The highest BCUT2D eigenvalue weighted by molar-refractivity contribution is 6.00. The van der Waals surface area contributed by atoms with Gasteiger partial charge in [0.25, 0.3) is 5.91 Å². The zero-order chi connectivity index (χ0) is 21.4. The van der Waals surface area contributed by atoms with Crippen LogP contribution >= 0.6 is 0 Å². The van der Waals surface area contributed by atoms with Gasteiger partial charge in [-0.05, 0) is 19.1 Å². The van der Waals surface area contributed by atoms with Crippen molar-refractivity contribution in [1.29, 1.82) is 0 Å². The van der Waals surface area contributed by atoms with Gasteiger partial charge in [0.05, 0.1) is 32.4 Å². The molecule has 158 valence electrons. The van der Waals surface area contributed by atoms with Crippen molar-refractivity contribution in [2.24, 2.45) is 5.92 Å². The van der Waals surface area contributed by atoms with E-state index in [2.05, 4.69) is 10.6 Å². The van der Waals surface area contributed by atoms with Crippen LogP contribution in [0.5, 0.6) is 11.5 Å². The van der Waals surface area contributed by atoms with E-state index in [0.717, 1.165) is 0 Å². The normalized spacial score (nSPS) is 15.6. The summed E-state index contributed by atoms with van der Waals surface area (Å²) < 4.78 is 15.4. The molecule has 29 heavy (non-hydrogen) atoms. The van der Waals surface area contributed by atoms with E-state index < -0.39 is 24.4 Å². The van der Waals surface area contributed by atoms with Crippen molar-refractivity contribution in [1.82, 2.24) is 10.6 Å². The van der Waals surface area contributed by atoms with E-state index in [4.69, 9.17) is 14.2 Å². The molecule has 1 saturated heterocycles. The predicted octanol–water partition coefficient (Wildman–Crippen LogP) is -0.148. The zero-order valence-electron chi connectivity index (χ0n) is 16.6. The minimum absolute atomic E-state index is 0.0332. The number of nitrogens with zero attached hydrogens (tertiary/aromatic N) is 1. The van der Waals surface area contributed by atoms with Crippen LogP contribution in [0.25, 0.3) is 0 Å². The van der Waals surface area contributed by atoms with Crippen molar-refractivity contribution in [3.8, 4) is 11.5 Å². The molecule has 3 amide bonds. The van der Waals surface area contributed by atoms with Crippen LogP contribution < -0.4 is 25.0 Å². The molecule has 0 unspecified atom stereocenters. The lowest BCUT2D eigenvalue weighted by Crippen LogP contribution is -2.39. The summed E-state index contributed by atoms with van der Waals surface area (Å²) in [5.74, 6) is -1.52. The van der Waals surface area contributed by atoms with Gasteiger partial charge in [-0.25, -0.2) is 0 Å². The number of rotatable bonds is 9. The first-order valence-electron chi connectivity index (χ1n) is 9.12. The number of ether oxygens (including phenoxy) is 3. The fourth-order valence-electron chi connectivity index (χ4n) is 2.85. The van der Waals surface area contributed by atoms with Gasteiger partial charge in [0.2, 0.25) is 11.8 Å². The first-order chi connectivity index (χ1) is 13.9. The lowest BCUT2D eigenvalue weighted by atomic mass is 10.1. The van der Waals surface area contributed by atoms with Crippen molar-refractivity contribution < 1.29 is 33.4 Å². The Bertz CT molecular complexity index is 781. The Kier molecular flexibility index (Phi) is 7.81. The number of carbonyl (C=O) groups excluding carboxylic acids is 4. The van der Waals surface area contributed by atoms with Crippen LogP contribution in [0.15, 0.2) is 18.2 Å². The molecule has 0 radical (unpaired) electrons. The topological polar surface area (TPSA) is 123 Å². The number of likely N-dealkylation sites (N-methyl/N-ethyl adjacent to an activating group) is 1. The maximum atomic E-state index is 12.4. The fraction of sp³-hybridized carbons (Fsp3) is 0.474. The van der Waals surface area contributed by atoms with E-state index in [1.165, 1.54) is 19.1 Å². The molecule has 1 aliphatic rings. The number of hydrogen-bond acceptors (Lipinski definition) is 7. The highest BCUT2D eigenvalue weighted by Crippen LogP contribution is 2.35. The number of hydrogen-bond donors (Lipinski definition) is 2. The number of esters is 1. The van der Waals surface area contributed by atoms with Gasteiger partial charge in [0, 0.05) is 25.6 Å². The van der Waals surface area contributed by atoms with Crippen LogP contribution in [-0.4, -0.2) is 64.2 Å². The summed E-state index contributed by atoms with van der Waals surface area (Å²) in [6.45, 7) is 1.61. The van der Waals surface area contributed by atoms with Gasteiger partial charge in [-0.1, -0.05) is 0 Å². The first-order valence-corrected chi connectivity index (χ1v) is 9.12. The Morgan fingerprint density at radius 3 is 2.55 bits per heavy atom. The van der Waals surface area contributed by atoms with Gasteiger partial charge in [0.15, 0.2) is 6.61 Å². The molecule has 2 N–H and O–H groups in total. The van der Waals surface area contributed by atoms with Crippen LogP contribution in [0, 0.1) is 5.92 Å². The number of carbonyl (C=O) groups is 4. The molecule has 1 heterocycles. The molecule has 1 fully saturated rings. The summed E-state index contributed by atoms with van der Waals surface area (Å²) in [4.78, 5) is 49.1. The third-order valence-electron chi connectivity index (χ3n) is 4.30. The summed E-state index contributed by atoms with van der Waals surface area (Å²) in [6, 6.07) is 5.02. The van der Waals surface area contributed by atoms with E-state index in [1.807, 2.05) is 0 Å². The second-order valence-corrected chi connectivity index (χ2v) is 6.28. The summed E-state index contributed by atoms with van der Waals surface area (Å²) >= 11 is 0. The highest BCUT2D eigenvalue weighted by Gasteiger charge is 2.37. The van der Waals surface area contributed by atoms with Gasteiger partial charge >= 0.3 is 5.97 Å². The van der Waals surface area contributed by atoms with Gasteiger partial charge in [-0.2, -0.15) is 0 Å². The predicted molar refractivity (Wildman–Crippen MR) is 103 cm³/mol. The number of anilines is 1. The maximum Gasteiger partial charge on any atom is 0.311 e. The van der Waals surface area contributed by atoms with Crippen molar-refractivity contribution >= 4 is 29.4 Å². The molecule has 1 atom stereocenters. The van der Waals surface area contributed by atoms with Crippen molar-refractivity contribution in [3.05, 3.63) is 18.2 Å². The second kappa shape index (κ2) is 10.3. The average molecular weight is 407 g/mol. The Morgan fingerprint density at radius 2 is 1.90 bits per heavy atom. The van der Waals surface area contributed by atoms with E-state index in [-0.39, 0.29) is 31.3 Å². The molecule has 2 rings (SSSR count). The van der Waals surface area contributed by atoms with Gasteiger partial charge in [-0.3, -0.25) is 19.2 Å². The highest BCUT2D eigenvalue weighted by atomic mass is 16.5. The fourth-order valence-corrected chi connectivity index (χ4v) is 2.85. The number of amides is 3. The summed E-state index contributed by atoms with van der Waals surface area (Å²) in [6.07, 6.45) is -0.0332. The summed E-state index contributed by atoms with van der Waals surface area (Å²) in [5.41, 5.74) is 0.522. The molecular formula is C19H25N3O7. The van der Waals surface area contributed by atoms with Crippen LogP contribution in [0.4, 0.5) is 5.69 Å². The Labute approximate surface area is 168 Å². The quantitative estimate of drug-likeness (QED) is 0.546. The molecule has 10 heteroatoms. The molecule has 10 nitrogen and oxygen atoms in total. The zero-order valence-corrected chi connectivity index (χ0v) is 16.6. The van der Waals surface area contributed by atoms with Gasteiger partial charge in [-0.15, -0.1) is 0 Å². The summed E-state index contributed by atoms with van der Waals surface area (Å²) in [7, 11) is 3.00. The van der Waals surface area contributed by atoms with Crippen LogP contribution in [-0.2, 0) is 23.9 Å². The number of methoxy groups -OCH3 is 2. The smallest absolute Gasteiger partial charge is 0.311 e. The van der Waals surface area contributed by atoms with Crippen molar-refractivity contribution in [2.75, 3.05) is 45.4 Å². The Balaban J connectivity index is 1.90. The molecule has 0 aliphatic carbocycles. The van der Waals surface area contributed by atoms with Crippen LogP contribution in [0.3, 0.4) is 0 Å². The molecule has 1 aromatic rings. The molecule has 0 spiro atoms. The molecular weight excluding hydrogens is 382 g/mol. The average Bonchev–Trinajstić information content (AvgIpc) is 3.11. The molecule has 0 aromatic heterocycles. The largest absolute Gasteiger partial charge is 0.497 e. The van der Waals surface area contributed by atoms with Crippen molar-refractivity contribution in [3.63, 3.8) is 0 Å². The number of nitrogens with one attached hydrogen (secondary N) is 2. The van der Waals surface area contributed by atoms with E-state index >= 15 is 0 Å². The standard InChI is InChI=1S/C19H25N3O7/c1-4-20-16(23)9-21-17(24)11-29-19(26)12-7-18(25)22(10-12)14-6-5-13(27-2)8-15(14)28-3/h5-6,8,12H,4,7,9-11H2,1-3H3,(H,20,23)(H,21,24)/t12-/m0/s1. The van der Waals surface area contributed by atoms with Crippen molar-refractivity contribution in [2.45, 2.75) is 13.3 Å². The van der Waals surface area contributed by atoms with Gasteiger partial charge < -0.3 is 29.7 Å². The maximum absolute atomic E-state index is 12.4. The lowest BCUT2D eigenvalue weighted by Gasteiger charge is -2.20. The van der Waals surface area contributed by atoms with E-state index in [1.54, 1.807) is 25.1 Å². The lowest BCUT2D eigenvalue weighted by molar-refractivity contribution is -0.152. The minimum Gasteiger partial charge on any atom is -0.497 e. The molecule has 1 aliphatic heterocycles. The molecule has 1 aromatic carbocycles. The third kappa shape index (κ3) is 5.84. The van der Waals surface area contributed by atoms with Crippen LogP contribution in [0.2, 0.25) is 0 Å². The first kappa shape index (κ1) is 22.0.